The number of nitrogens with one attached hydrogen (secondary N) is 2. The van der Waals surface area contributed by atoms with Gasteiger partial charge in [0.15, 0.2) is 0 Å². The van der Waals surface area contributed by atoms with Crippen LogP contribution in [0.3, 0.4) is 0 Å². The van der Waals surface area contributed by atoms with E-state index in [0.29, 0.717) is 26.2 Å². The van der Waals surface area contributed by atoms with Crippen LogP contribution in [0.5, 0.6) is 0 Å². The number of carbonyl (C=O) groups is 1. The number of rotatable bonds is 5. The summed E-state index contributed by atoms with van der Waals surface area (Å²) in [5, 5.41) is 9.33. The van der Waals surface area contributed by atoms with E-state index in [4.69, 9.17) is 0 Å². The minimum atomic E-state index is -4.38. The van der Waals surface area contributed by atoms with Gasteiger partial charge in [-0.2, -0.15) is 18.3 Å². The van der Waals surface area contributed by atoms with Crippen molar-refractivity contribution in [3.8, 4) is 0 Å². The van der Waals surface area contributed by atoms with Crippen LogP contribution in [0.1, 0.15) is 13.0 Å². The molecule has 22 heavy (non-hydrogen) atoms. The molecule has 1 aliphatic heterocycles. The van der Waals surface area contributed by atoms with E-state index in [2.05, 4.69) is 15.7 Å². The zero-order valence-electron chi connectivity index (χ0n) is 12.3. The molecule has 2 N–H and O–H groups in total. The summed E-state index contributed by atoms with van der Waals surface area (Å²) in [4.78, 5) is 13.3. The molecule has 1 amide bonds. The molecule has 124 valence electrons. The molecule has 2 rings (SSSR count). The minimum absolute atomic E-state index is 0.314. The van der Waals surface area contributed by atoms with Crippen molar-refractivity contribution in [1.29, 1.82) is 0 Å². The summed E-state index contributed by atoms with van der Waals surface area (Å²) in [6, 6.07) is -0.654. The summed E-state index contributed by atoms with van der Waals surface area (Å²) in [7, 11) is 0. The van der Waals surface area contributed by atoms with Gasteiger partial charge >= 0.3 is 6.18 Å². The number of nitrogens with zero attached hydrogens (tertiary/aromatic N) is 3. The molecule has 9 heteroatoms. The molecule has 2 heterocycles. The normalized spacial score (nSPS) is 19.6. The first-order valence-corrected chi connectivity index (χ1v) is 7.18. The third-order valence-corrected chi connectivity index (χ3v) is 3.74. The Kier molecular flexibility index (Phi) is 5.41. The van der Waals surface area contributed by atoms with E-state index in [0.717, 1.165) is 0 Å². The first-order chi connectivity index (χ1) is 10.4. The van der Waals surface area contributed by atoms with Gasteiger partial charge in [0.25, 0.3) is 0 Å². The van der Waals surface area contributed by atoms with Gasteiger partial charge in [0, 0.05) is 45.1 Å². The maximum atomic E-state index is 13.2. The maximum Gasteiger partial charge on any atom is 0.405 e. The van der Waals surface area contributed by atoms with Crippen molar-refractivity contribution < 1.29 is 18.0 Å². The van der Waals surface area contributed by atoms with E-state index in [1.807, 2.05) is 0 Å². The number of amides is 1. The lowest BCUT2D eigenvalue weighted by Gasteiger charge is -2.36. The van der Waals surface area contributed by atoms with E-state index in [1.54, 1.807) is 19.2 Å². The van der Waals surface area contributed by atoms with Gasteiger partial charge < -0.3 is 10.6 Å². The van der Waals surface area contributed by atoms with Gasteiger partial charge in [0.05, 0.1) is 0 Å². The van der Waals surface area contributed by atoms with Gasteiger partial charge in [-0.25, -0.2) is 0 Å². The fourth-order valence-electron chi connectivity index (χ4n) is 2.42. The summed E-state index contributed by atoms with van der Waals surface area (Å²) in [6.07, 6.45) is -1.26. The Hall–Kier alpha value is -1.61. The molecule has 0 bridgehead atoms. The van der Waals surface area contributed by atoms with Crippen molar-refractivity contribution in [2.75, 3.05) is 32.7 Å². The van der Waals surface area contributed by atoms with Crippen molar-refractivity contribution in [3.63, 3.8) is 0 Å². The SMILES string of the molecule is CC(C(=O)NCC(N1CCNCC1)C(F)(F)F)n1cccn1. The van der Waals surface area contributed by atoms with E-state index in [9.17, 15) is 18.0 Å². The third kappa shape index (κ3) is 4.20. The Morgan fingerprint density at radius 1 is 1.41 bits per heavy atom. The zero-order valence-corrected chi connectivity index (χ0v) is 12.3. The Labute approximate surface area is 126 Å². The Balaban J connectivity index is 1.94. The number of aromatic nitrogens is 2. The molecule has 0 saturated carbocycles. The van der Waals surface area contributed by atoms with Crippen LogP contribution in [-0.4, -0.2) is 65.5 Å². The average Bonchev–Trinajstić information content (AvgIpc) is 3.00. The predicted octanol–water partition coefficient (Wildman–Crippen LogP) is 0.396. The highest BCUT2D eigenvalue weighted by atomic mass is 19.4. The number of piperazine rings is 1. The summed E-state index contributed by atoms with van der Waals surface area (Å²) in [5.74, 6) is -0.479. The first-order valence-electron chi connectivity index (χ1n) is 7.18. The van der Waals surface area contributed by atoms with E-state index >= 15 is 0 Å². The molecule has 1 aromatic rings. The Morgan fingerprint density at radius 3 is 2.64 bits per heavy atom. The van der Waals surface area contributed by atoms with Crippen molar-refractivity contribution in [2.45, 2.75) is 25.2 Å². The van der Waals surface area contributed by atoms with Crippen LogP contribution < -0.4 is 10.6 Å². The number of hydrogen-bond acceptors (Lipinski definition) is 4. The Bertz CT molecular complexity index is 471. The van der Waals surface area contributed by atoms with Crippen molar-refractivity contribution in [1.82, 2.24) is 25.3 Å². The minimum Gasteiger partial charge on any atom is -0.352 e. The van der Waals surface area contributed by atoms with Gasteiger partial charge in [0.1, 0.15) is 12.1 Å². The van der Waals surface area contributed by atoms with Crippen LogP contribution in [0.25, 0.3) is 0 Å². The van der Waals surface area contributed by atoms with Gasteiger partial charge in [0.2, 0.25) is 5.91 Å². The Morgan fingerprint density at radius 2 is 2.09 bits per heavy atom. The topological polar surface area (TPSA) is 62.2 Å². The molecule has 0 radical (unpaired) electrons. The van der Waals surface area contributed by atoms with Crippen LogP contribution in [0.15, 0.2) is 18.5 Å². The van der Waals surface area contributed by atoms with Gasteiger partial charge in [-0.3, -0.25) is 14.4 Å². The summed E-state index contributed by atoms with van der Waals surface area (Å²) in [6.45, 7) is 2.81. The van der Waals surface area contributed by atoms with Crippen LogP contribution in [0, 0.1) is 0 Å². The number of hydrogen-bond donors (Lipinski definition) is 2. The van der Waals surface area contributed by atoms with E-state index in [1.165, 1.54) is 15.8 Å². The molecule has 2 atom stereocenters. The first kappa shape index (κ1) is 16.8. The summed E-state index contributed by atoms with van der Waals surface area (Å²) < 4.78 is 41.0. The number of halogens is 3. The van der Waals surface area contributed by atoms with Gasteiger partial charge in [-0.1, -0.05) is 0 Å². The van der Waals surface area contributed by atoms with E-state index in [-0.39, 0.29) is 0 Å². The fraction of sp³-hybridized carbons (Fsp3) is 0.692. The van der Waals surface area contributed by atoms with Gasteiger partial charge in [-0.15, -0.1) is 0 Å². The molecular weight excluding hydrogens is 299 g/mol. The zero-order chi connectivity index (χ0) is 16.2. The van der Waals surface area contributed by atoms with Gasteiger partial charge in [-0.05, 0) is 13.0 Å². The molecule has 1 fully saturated rings. The quantitative estimate of drug-likeness (QED) is 0.825. The summed E-state index contributed by atoms with van der Waals surface area (Å²) in [5.41, 5.74) is 0. The average molecular weight is 319 g/mol. The second-order valence-corrected chi connectivity index (χ2v) is 5.25. The highest BCUT2D eigenvalue weighted by Crippen LogP contribution is 2.24. The second-order valence-electron chi connectivity index (χ2n) is 5.25. The van der Waals surface area contributed by atoms with Crippen molar-refractivity contribution in [2.24, 2.45) is 0 Å². The molecule has 0 aromatic carbocycles. The molecule has 0 aliphatic carbocycles. The maximum absolute atomic E-state index is 13.2. The van der Waals surface area contributed by atoms with Crippen LogP contribution >= 0.6 is 0 Å². The van der Waals surface area contributed by atoms with Crippen molar-refractivity contribution >= 4 is 5.91 Å². The molecule has 6 nitrogen and oxygen atoms in total. The second kappa shape index (κ2) is 7.10. The molecule has 1 aliphatic rings. The standard InChI is InChI=1S/C13H20F3N5O/c1-10(21-6-2-3-19-21)12(22)18-9-11(13(14,15)16)20-7-4-17-5-8-20/h2-3,6,10-11,17H,4-5,7-9H2,1H3,(H,18,22). The molecule has 0 spiro atoms. The predicted molar refractivity (Wildman–Crippen MR) is 74.2 cm³/mol. The lowest BCUT2D eigenvalue weighted by atomic mass is 10.2. The molecule has 1 saturated heterocycles. The smallest absolute Gasteiger partial charge is 0.352 e. The summed E-state index contributed by atoms with van der Waals surface area (Å²) >= 11 is 0. The lowest BCUT2D eigenvalue weighted by Crippen LogP contribution is -2.57. The highest BCUT2D eigenvalue weighted by Gasteiger charge is 2.43. The fourth-order valence-corrected chi connectivity index (χ4v) is 2.42. The molecule has 2 unspecified atom stereocenters. The molecule has 1 aromatic heterocycles. The highest BCUT2D eigenvalue weighted by molar-refractivity contribution is 5.79. The number of carbonyl (C=O) groups excluding carboxylic acids is 1. The number of alkyl halides is 3. The lowest BCUT2D eigenvalue weighted by molar-refractivity contribution is -0.184. The van der Waals surface area contributed by atoms with Crippen LogP contribution in [0.2, 0.25) is 0 Å². The largest absolute Gasteiger partial charge is 0.405 e. The van der Waals surface area contributed by atoms with Crippen LogP contribution in [0.4, 0.5) is 13.2 Å². The van der Waals surface area contributed by atoms with Crippen LogP contribution in [-0.2, 0) is 4.79 Å². The monoisotopic (exact) mass is 319 g/mol. The molecular formula is C13H20F3N5O. The third-order valence-electron chi connectivity index (χ3n) is 3.74. The van der Waals surface area contributed by atoms with Crippen molar-refractivity contribution in [3.05, 3.63) is 18.5 Å². The van der Waals surface area contributed by atoms with E-state index < -0.39 is 30.7 Å².